The zero-order chi connectivity index (χ0) is 24.0. The Morgan fingerprint density at radius 1 is 0.848 bits per heavy atom. The van der Waals surface area contributed by atoms with Crippen molar-refractivity contribution >= 4 is 24.0 Å². The SMILES string of the molecule is COc1ccc([C@H](Nc2ccccc2)[P@](=O)(OC(C)C)c2ccc(N(C)C)cc2)cc1OC. The lowest BCUT2D eigenvalue weighted by Gasteiger charge is -2.31. The van der Waals surface area contributed by atoms with E-state index in [1.807, 2.05) is 106 Å². The maximum absolute atomic E-state index is 14.8. The van der Waals surface area contributed by atoms with E-state index in [4.69, 9.17) is 14.0 Å². The van der Waals surface area contributed by atoms with Crippen LogP contribution in [-0.2, 0) is 9.09 Å². The van der Waals surface area contributed by atoms with Crippen molar-refractivity contribution in [3.05, 3.63) is 78.4 Å². The topological polar surface area (TPSA) is 60.0 Å². The van der Waals surface area contributed by atoms with Gasteiger partial charge >= 0.3 is 0 Å². The lowest BCUT2D eigenvalue weighted by Crippen LogP contribution is -2.23. The number of anilines is 2. The van der Waals surface area contributed by atoms with Crippen LogP contribution >= 0.6 is 7.37 Å². The molecule has 0 radical (unpaired) electrons. The molecule has 0 fully saturated rings. The van der Waals surface area contributed by atoms with Gasteiger partial charge in [-0.25, -0.2) is 0 Å². The number of para-hydroxylation sites is 1. The zero-order valence-corrected chi connectivity index (χ0v) is 21.0. The first-order valence-corrected chi connectivity index (χ1v) is 12.6. The van der Waals surface area contributed by atoms with Gasteiger partial charge in [0, 0.05) is 30.8 Å². The van der Waals surface area contributed by atoms with E-state index in [9.17, 15) is 4.57 Å². The van der Waals surface area contributed by atoms with Crippen LogP contribution in [0.5, 0.6) is 11.5 Å². The van der Waals surface area contributed by atoms with E-state index in [-0.39, 0.29) is 6.10 Å². The number of hydrogen-bond donors (Lipinski definition) is 1. The average molecular weight is 469 g/mol. The summed E-state index contributed by atoms with van der Waals surface area (Å²) in [6.07, 6.45) is -0.246. The van der Waals surface area contributed by atoms with Crippen molar-refractivity contribution in [1.29, 1.82) is 0 Å². The Hall–Kier alpha value is -2.95. The Balaban J connectivity index is 2.18. The predicted octanol–water partition coefficient (Wildman–Crippen LogP) is 5.91. The summed E-state index contributed by atoms with van der Waals surface area (Å²) in [6, 6.07) is 23.0. The van der Waals surface area contributed by atoms with Crippen LogP contribution < -0.4 is 25.0 Å². The predicted molar refractivity (Wildman–Crippen MR) is 137 cm³/mol. The molecule has 1 N–H and O–H groups in total. The van der Waals surface area contributed by atoms with Gasteiger partial charge in [-0.15, -0.1) is 0 Å². The van der Waals surface area contributed by atoms with Gasteiger partial charge < -0.3 is 24.2 Å². The van der Waals surface area contributed by atoms with Crippen LogP contribution in [0.25, 0.3) is 0 Å². The molecule has 0 saturated heterocycles. The van der Waals surface area contributed by atoms with Crippen molar-refractivity contribution < 1.29 is 18.6 Å². The van der Waals surface area contributed by atoms with Gasteiger partial charge in [0.2, 0.25) is 0 Å². The van der Waals surface area contributed by atoms with Crippen LogP contribution in [0, 0.1) is 0 Å². The number of ether oxygens (including phenoxy) is 2. The number of rotatable bonds is 10. The minimum Gasteiger partial charge on any atom is -0.493 e. The Morgan fingerprint density at radius 2 is 1.48 bits per heavy atom. The fourth-order valence-electron chi connectivity index (χ4n) is 3.62. The normalized spacial score (nSPS) is 13.8. The average Bonchev–Trinajstić information content (AvgIpc) is 2.82. The first kappa shape index (κ1) is 24.7. The maximum Gasteiger partial charge on any atom is 0.258 e. The van der Waals surface area contributed by atoms with E-state index < -0.39 is 13.2 Å². The van der Waals surface area contributed by atoms with Crippen LogP contribution in [0.3, 0.4) is 0 Å². The van der Waals surface area contributed by atoms with E-state index >= 15 is 0 Å². The highest BCUT2D eigenvalue weighted by atomic mass is 31.2. The molecule has 7 heteroatoms. The summed E-state index contributed by atoms with van der Waals surface area (Å²) in [4.78, 5) is 2.01. The molecule has 0 aliphatic carbocycles. The highest BCUT2D eigenvalue weighted by molar-refractivity contribution is 7.67. The molecule has 0 amide bonds. The zero-order valence-electron chi connectivity index (χ0n) is 20.1. The summed E-state index contributed by atoms with van der Waals surface area (Å²) >= 11 is 0. The standard InChI is InChI=1S/C26H33N2O4P/c1-19(2)32-33(29,23-15-13-22(14-16-23)28(3)4)26(27-21-10-8-7-9-11-21)20-12-17-24(30-5)25(18-20)31-6/h7-19,26-27H,1-6H3/t26-,33-/m1/s1. The van der Waals surface area contributed by atoms with Gasteiger partial charge in [-0.1, -0.05) is 24.3 Å². The van der Waals surface area contributed by atoms with Gasteiger partial charge in [-0.05, 0) is 67.9 Å². The number of benzene rings is 3. The molecule has 0 unspecified atom stereocenters. The van der Waals surface area contributed by atoms with Gasteiger partial charge in [0.25, 0.3) is 7.37 Å². The second-order valence-electron chi connectivity index (χ2n) is 8.19. The molecule has 0 heterocycles. The van der Waals surface area contributed by atoms with Crippen LogP contribution in [0.1, 0.15) is 25.2 Å². The Kier molecular flexibility index (Phi) is 8.06. The molecule has 0 aromatic heterocycles. The lowest BCUT2D eigenvalue weighted by molar-refractivity contribution is 0.245. The molecule has 6 nitrogen and oxygen atoms in total. The number of methoxy groups -OCH3 is 2. The second kappa shape index (κ2) is 10.8. The molecule has 0 aliphatic heterocycles. The molecule has 0 spiro atoms. The van der Waals surface area contributed by atoms with Gasteiger partial charge in [0.15, 0.2) is 11.5 Å². The third kappa shape index (κ3) is 5.70. The summed E-state index contributed by atoms with van der Waals surface area (Å²) in [6.45, 7) is 3.80. The molecule has 3 rings (SSSR count). The van der Waals surface area contributed by atoms with Crippen molar-refractivity contribution in [1.82, 2.24) is 0 Å². The highest BCUT2D eigenvalue weighted by Gasteiger charge is 2.39. The number of nitrogens with zero attached hydrogens (tertiary/aromatic N) is 1. The van der Waals surface area contributed by atoms with Gasteiger partial charge in [-0.2, -0.15) is 0 Å². The van der Waals surface area contributed by atoms with Crippen molar-refractivity contribution in [2.24, 2.45) is 0 Å². The molecule has 0 saturated carbocycles. The third-order valence-electron chi connectivity index (χ3n) is 5.23. The van der Waals surface area contributed by atoms with Crippen LogP contribution in [0.2, 0.25) is 0 Å². The summed E-state index contributed by atoms with van der Waals surface area (Å²) in [5, 5.41) is 4.11. The second-order valence-corrected chi connectivity index (χ2v) is 10.6. The first-order chi connectivity index (χ1) is 15.8. The molecule has 0 bridgehead atoms. The van der Waals surface area contributed by atoms with E-state index in [2.05, 4.69) is 5.32 Å². The summed E-state index contributed by atoms with van der Waals surface area (Å²) < 4.78 is 32.0. The largest absolute Gasteiger partial charge is 0.493 e. The van der Waals surface area contributed by atoms with Gasteiger partial charge in [0.05, 0.1) is 20.3 Å². The monoisotopic (exact) mass is 468 g/mol. The third-order valence-corrected chi connectivity index (χ3v) is 8.09. The summed E-state index contributed by atoms with van der Waals surface area (Å²) in [7, 11) is 3.68. The van der Waals surface area contributed by atoms with E-state index in [1.165, 1.54) is 0 Å². The van der Waals surface area contributed by atoms with Gasteiger partial charge in [0.1, 0.15) is 5.78 Å². The molecule has 33 heavy (non-hydrogen) atoms. The smallest absolute Gasteiger partial charge is 0.258 e. The minimum atomic E-state index is -3.46. The fourth-order valence-corrected chi connectivity index (χ4v) is 6.23. The fraction of sp³-hybridized carbons (Fsp3) is 0.308. The van der Waals surface area contributed by atoms with E-state index in [1.54, 1.807) is 14.2 Å². The Morgan fingerprint density at radius 3 is 2.03 bits per heavy atom. The molecule has 0 aliphatic rings. The van der Waals surface area contributed by atoms with E-state index in [0.29, 0.717) is 16.8 Å². The highest BCUT2D eigenvalue weighted by Crippen LogP contribution is 2.60. The molecular formula is C26H33N2O4P. The van der Waals surface area contributed by atoms with E-state index in [0.717, 1.165) is 16.9 Å². The van der Waals surface area contributed by atoms with Gasteiger partial charge in [-0.3, -0.25) is 4.57 Å². The first-order valence-electron chi connectivity index (χ1n) is 10.9. The molecular weight excluding hydrogens is 435 g/mol. The van der Waals surface area contributed by atoms with Crippen LogP contribution in [0.4, 0.5) is 11.4 Å². The number of hydrogen-bond acceptors (Lipinski definition) is 6. The van der Waals surface area contributed by atoms with Crippen molar-refractivity contribution in [2.75, 3.05) is 38.5 Å². The molecule has 176 valence electrons. The summed E-state index contributed by atoms with van der Waals surface area (Å²) in [5.41, 5.74) is 2.64. The van der Waals surface area contributed by atoms with Crippen molar-refractivity contribution in [3.63, 3.8) is 0 Å². The molecule has 2 atom stereocenters. The maximum atomic E-state index is 14.8. The molecule has 3 aromatic rings. The summed E-state index contributed by atoms with van der Waals surface area (Å²) in [5.74, 6) is 0.524. The Labute approximate surface area is 196 Å². The molecule has 3 aromatic carbocycles. The minimum absolute atomic E-state index is 0.246. The van der Waals surface area contributed by atoms with Crippen LogP contribution in [0.15, 0.2) is 72.8 Å². The number of nitrogens with one attached hydrogen (secondary N) is 1. The lowest BCUT2D eigenvalue weighted by atomic mass is 10.2. The van der Waals surface area contributed by atoms with Crippen LogP contribution in [-0.4, -0.2) is 34.4 Å². The van der Waals surface area contributed by atoms with Crippen molar-refractivity contribution in [2.45, 2.75) is 25.7 Å². The Bertz CT molecular complexity index is 1090. The quantitative estimate of drug-likeness (QED) is 0.373. The van der Waals surface area contributed by atoms with Crippen molar-refractivity contribution in [3.8, 4) is 11.5 Å².